The van der Waals surface area contributed by atoms with Crippen LogP contribution in [0.25, 0.3) is 0 Å². The Labute approximate surface area is 169 Å². The number of alkyl halides is 1. The van der Waals surface area contributed by atoms with Crippen LogP contribution in [0.5, 0.6) is 0 Å². The molecule has 1 aliphatic rings. The maximum Gasteiger partial charge on any atom is 0.262 e. The van der Waals surface area contributed by atoms with Crippen LogP contribution >= 0.6 is 27.5 Å². The van der Waals surface area contributed by atoms with Crippen molar-refractivity contribution in [1.82, 2.24) is 15.2 Å². The second-order valence-corrected chi connectivity index (χ2v) is 7.66. The van der Waals surface area contributed by atoms with Gasteiger partial charge in [0.05, 0.1) is 5.02 Å². The molecule has 26 heavy (non-hydrogen) atoms. The Morgan fingerprint density at radius 1 is 1.38 bits per heavy atom. The molecule has 0 atom stereocenters. The van der Waals surface area contributed by atoms with E-state index in [4.69, 9.17) is 17.3 Å². The Bertz CT molecular complexity index is 614. The van der Waals surface area contributed by atoms with Crippen LogP contribution in [0, 0.1) is 5.92 Å². The molecule has 1 aromatic heterocycles. The molecule has 0 saturated carbocycles. The lowest BCUT2D eigenvalue weighted by atomic mass is 9.96. The lowest BCUT2D eigenvalue weighted by Gasteiger charge is -2.31. The van der Waals surface area contributed by atoms with Gasteiger partial charge in [-0.2, -0.15) is 0 Å². The average Bonchev–Trinajstić information content (AvgIpc) is 2.64. The third-order valence-electron chi connectivity index (χ3n) is 4.25. The smallest absolute Gasteiger partial charge is 0.262 e. The topological polar surface area (TPSA) is 91.2 Å². The molecule has 0 unspecified atom stereocenters. The number of hydrogen-bond donors (Lipinski definition) is 3. The molecule has 0 spiro atoms. The molecule has 1 aliphatic heterocycles. The largest absolute Gasteiger partial charge is 0.384 e. The van der Waals surface area contributed by atoms with Gasteiger partial charge >= 0.3 is 0 Å². The lowest BCUT2D eigenvalue weighted by molar-refractivity contribution is 0.0934. The van der Waals surface area contributed by atoms with E-state index in [1.807, 2.05) is 0 Å². The molecule has 148 valence electrons. The molecule has 4 N–H and O–H groups in total. The Kier molecular flexibility index (Phi) is 10.9. The second-order valence-electron chi connectivity index (χ2n) is 6.46. The van der Waals surface area contributed by atoms with Gasteiger partial charge in [-0.05, 0) is 57.3 Å². The van der Waals surface area contributed by atoms with E-state index in [0.29, 0.717) is 12.5 Å². The van der Waals surface area contributed by atoms with Crippen molar-refractivity contribution in [1.29, 1.82) is 0 Å². The number of nitrogens with one attached hydrogen (secondary N) is 2. The molecule has 1 aromatic rings. The van der Waals surface area contributed by atoms with Crippen molar-refractivity contribution in [2.45, 2.75) is 39.5 Å². The highest BCUT2D eigenvalue weighted by molar-refractivity contribution is 9.09. The van der Waals surface area contributed by atoms with Gasteiger partial charge in [-0.15, -0.1) is 0 Å². The molecule has 1 fully saturated rings. The first-order chi connectivity index (χ1) is 12.4. The van der Waals surface area contributed by atoms with E-state index in [1.165, 1.54) is 18.9 Å². The average molecular weight is 450 g/mol. The predicted molar refractivity (Wildman–Crippen MR) is 112 cm³/mol. The van der Waals surface area contributed by atoms with Gasteiger partial charge in [0.1, 0.15) is 11.4 Å². The normalized spacial score (nSPS) is 15.2. The number of likely N-dealkylation sites (tertiary alicyclic amines) is 1. The number of aromatic nitrogens is 1. The summed E-state index contributed by atoms with van der Waals surface area (Å²) >= 11 is 9.09. The molecule has 2 heterocycles. The van der Waals surface area contributed by atoms with E-state index in [0.717, 1.165) is 37.8 Å². The van der Waals surface area contributed by atoms with Crippen LogP contribution in [0.4, 0.5) is 5.82 Å². The van der Waals surface area contributed by atoms with Crippen molar-refractivity contribution in [3.8, 4) is 0 Å². The molecule has 0 aliphatic carbocycles. The summed E-state index contributed by atoms with van der Waals surface area (Å²) in [5.74, 6) is 0.131. The number of pyridine rings is 1. The Balaban J connectivity index is 0.000000765. The molecule has 1 amide bonds. The fourth-order valence-electron chi connectivity index (χ4n) is 2.75. The Morgan fingerprint density at radius 2 is 2.00 bits per heavy atom. The van der Waals surface area contributed by atoms with Crippen molar-refractivity contribution in [3.05, 3.63) is 27.0 Å². The number of amides is 1. The highest BCUT2D eigenvalue weighted by atomic mass is 79.9. The monoisotopic (exact) mass is 448 g/mol. The zero-order valence-electron chi connectivity index (χ0n) is 15.6. The molecule has 0 aromatic carbocycles. The van der Waals surface area contributed by atoms with E-state index < -0.39 is 11.5 Å². The number of anilines is 1. The molecule has 0 radical (unpaired) electrons. The summed E-state index contributed by atoms with van der Waals surface area (Å²) in [5, 5.41) is 4.14. The second kappa shape index (κ2) is 12.4. The standard InChI is InChI=1S/C15H23ClN4O2.C3H7Br/c1-2-5-20-6-3-10(4-7-20)9-18-14(21)11-8-12(16)13(17)19-15(11)22;1-2-3-4/h8,10H,2-7,9H2,1H3,(H,18,21)(H3,17,19,22);2-3H2,1H3. The molecule has 8 heteroatoms. The van der Waals surface area contributed by atoms with Crippen LogP contribution in [0.2, 0.25) is 5.02 Å². The zero-order chi connectivity index (χ0) is 19.5. The van der Waals surface area contributed by atoms with Gasteiger partial charge in [0.25, 0.3) is 11.5 Å². The number of piperidine rings is 1. The quantitative estimate of drug-likeness (QED) is 0.581. The minimum atomic E-state index is -0.517. The minimum absolute atomic E-state index is 0.00242. The summed E-state index contributed by atoms with van der Waals surface area (Å²) in [5.41, 5.74) is 4.98. The number of carbonyl (C=O) groups is 1. The van der Waals surface area contributed by atoms with Gasteiger partial charge in [-0.1, -0.05) is 41.4 Å². The van der Waals surface area contributed by atoms with Gasteiger partial charge in [0.15, 0.2) is 0 Å². The SMILES string of the molecule is CCCBr.CCCN1CCC(CNC(=O)c2cc(Cl)c(N)[nH]c2=O)CC1. The van der Waals surface area contributed by atoms with Crippen LogP contribution in [-0.2, 0) is 0 Å². The first kappa shape index (κ1) is 23.0. The van der Waals surface area contributed by atoms with Crippen molar-refractivity contribution < 1.29 is 4.79 Å². The summed E-state index contributed by atoms with van der Waals surface area (Å²) in [4.78, 5) is 28.7. The lowest BCUT2D eigenvalue weighted by Crippen LogP contribution is -2.39. The maximum absolute atomic E-state index is 12.1. The summed E-state index contributed by atoms with van der Waals surface area (Å²) in [6, 6.07) is 1.31. The maximum atomic E-state index is 12.1. The fourth-order valence-corrected chi connectivity index (χ4v) is 2.91. The molecule has 1 saturated heterocycles. The number of rotatable bonds is 6. The van der Waals surface area contributed by atoms with Gasteiger partial charge in [0, 0.05) is 11.9 Å². The van der Waals surface area contributed by atoms with E-state index >= 15 is 0 Å². The number of carbonyl (C=O) groups excluding carboxylic acids is 1. The number of nitrogens with zero attached hydrogens (tertiary/aromatic N) is 1. The molecule has 2 rings (SSSR count). The van der Waals surface area contributed by atoms with E-state index in [1.54, 1.807) is 0 Å². The number of nitrogens with two attached hydrogens (primary N) is 1. The molecular formula is C18H30BrClN4O2. The Hall–Kier alpha value is -1.05. The first-order valence-corrected chi connectivity index (χ1v) is 10.7. The van der Waals surface area contributed by atoms with Gasteiger partial charge in [-0.3, -0.25) is 9.59 Å². The number of nitrogen functional groups attached to an aromatic ring is 1. The van der Waals surface area contributed by atoms with Crippen LogP contribution in [0.1, 0.15) is 49.9 Å². The highest BCUT2D eigenvalue weighted by Crippen LogP contribution is 2.17. The van der Waals surface area contributed by atoms with Crippen LogP contribution in [0.3, 0.4) is 0 Å². The van der Waals surface area contributed by atoms with Gasteiger partial charge < -0.3 is 20.9 Å². The highest BCUT2D eigenvalue weighted by Gasteiger charge is 2.20. The van der Waals surface area contributed by atoms with E-state index in [9.17, 15) is 9.59 Å². The molecule has 0 bridgehead atoms. The van der Waals surface area contributed by atoms with Crippen molar-refractivity contribution >= 4 is 39.3 Å². The zero-order valence-corrected chi connectivity index (χ0v) is 18.0. The van der Waals surface area contributed by atoms with E-state index in [2.05, 4.69) is 45.0 Å². The number of aromatic amines is 1. The first-order valence-electron chi connectivity index (χ1n) is 9.17. The van der Waals surface area contributed by atoms with Crippen molar-refractivity contribution in [2.75, 3.05) is 37.2 Å². The Morgan fingerprint density at radius 3 is 2.54 bits per heavy atom. The third-order valence-corrected chi connectivity index (χ3v) is 5.36. The van der Waals surface area contributed by atoms with Crippen LogP contribution < -0.4 is 16.6 Å². The van der Waals surface area contributed by atoms with Crippen molar-refractivity contribution in [3.63, 3.8) is 0 Å². The van der Waals surface area contributed by atoms with E-state index in [-0.39, 0.29) is 16.4 Å². The van der Waals surface area contributed by atoms with Gasteiger partial charge in [0.2, 0.25) is 0 Å². The fraction of sp³-hybridized carbons (Fsp3) is 0.667. The number of halogens is 2. The minimum Gasteiger partial charge on any atom is -0.384 e. The summed E-state index contributed by atoms with van der Waals surface area (Å²) < 4.78 is 0. The number of H-pyrrole nitrogens is 1. The van der Waals surface area contributed by atoms with Crippen LogP contribution in [0.15, 0.2) is 10.9 Å². The summed E-state index contributed by atoms with van der Waals surface area (Å²) in [6.45, 7) is 8.18. The van der Waals surface area contributed by atoms with Crippen molar-refractivity contribution in [2.24, 2.45) is 5.92 Å². The van der Waals surface area contributed by atoms with Crippen LogP contribution in [-0.4, -0.2) is 47.3 Å². The predicted octanol–water partition coefficient (Wildman–Crippen LogP) is 3.25. The van der Waals surface area contributed by atoms with Gasteiger partial charge in [-0.25, -0.2) is 0 Å². The number of hydrogen-bond acceptors (Lipinski definition) is 4. The summed E-state index contributed by atoms with van der Waals surface area (Å²) in [7, 11) is 0. The molecule has 6 nitrogen and oxygen atoms in total. The molecular weight excluding hydrogens is 420 g/mol. The summed E-state index contributed by atoms with van der Waals surface area (Å²) in [6.07, 6.45) is 4.54. The third kappa shape index (κ3) is 7.68.